The zero-order chi connectivity index (χ0) is 19.9. The average Bonchev–Trinajstić information content (AvgIpc) is 2.71. The number of hydrogen-bond acceptors (Lipinski definition) is 5. The quantitative estimate of drug-likeness (QED) is 0.236. The third kappa shape index (κ3) is 4.26. The minimum atomic E-state index is -0.416. The van der Waals surface area contributed by atoms with Gasteiger partial charge in [-0.25, -0.2) is 4.79 Å². The van der Waals surface area contributed by atoms with E-state index in [2.05, 4.69) is 6.58 Å². The lowest BCUT2D eigenvalue weighted by atomic mass is 10.0. The van der Waals surface area contributed by atoms with E-state index in [9.17, 15) is 4.79 Å². The van der Waals surface area contributed by atoms with Crippen molar-refractivity contribution in [3.8, 4) is 11.5 Å². The van der Waals surface area contributed by atoms with Crippen LogP contribution in [0.4, 0.5) is 0 Å². The van der Waals surface area contributed by atoms with Crippen molar-refractivity contribution in [2.45, 2.75) is 6.92 Å². The van der Waals surface area contributed by atoms with Crippen molar-refractivity contribution in [3.63, 3.8) is 0 Å². The fourth-order valence-electron chi connectivity index (χ4n) is 2.99. The molecule has 0 aliphatic rings. The number of rotatable bonds is 9. The molecule has 0 spiro atoms. The fraction of sp³-hybridized carbons (Fsp3) is 0.261. The predicted octanol–water partition coefficient (Wildman–Crippen LogP) is 4.52. The minimum Gasteiger partial charge on any atom is -0.490 e. The Morgan fingerprint density at radius 1 is 0.786 bits per heavy atom. The summed E-state index contributed by atoms with van der Waals surface area (Å²) in [7, 11) is 1.65. The van der Waals surface area contributed by atoms with Crippen molar-refractivity contribution >= 4 is 27.5 Å². The van der Waals surface area contributed by atoms with Gasteiger partial charge in [0.2, 0.25) is 0 Å². The fourth-order valence-corrected chi connectivity index (χ4v) is 2.99. The molecule has 0 N–H and O–H groups in total. The first-order valence-electron chi connectivity index (χ1n) is 9.14. The molecular formula is C23H24O5. The maximum Gasteiger partial charge on any atom is 0.333 e. The van der Waals surface area contributed by atoms with E-state index in [-0.39, 0.29) is 13.2 Å². The Bertz CT molecular complexity index is 936. The Kier molecular flexibility index (Phi) is 6.50. The molecule has 0 bridgehead atoms. The van der Waals surface area contributed by atoms with Crippen molar-refractivity contribution in [1.29, 1.82) is 0 Å². The van der Waals surface area contributed by atoms with Gasteiger partial charge in [-0.1, -0.05) is 55.1 Å². The summed E-state index contributed by atoms with van der Waals surface area (Å²) in [5, 5.41) is 3.82. The van der Waals surface area contributed by atoms with Crippen molar-refractivity contribution in [1.82, 2.24) is 0 Å². The number of benzene rings is 3. The number of methoxy groups -OCH3 is 1. The van der Waals surface area contributed by atoms with Crippen molar-refractivity contribution in [2.24, 2.45) is 0 Å². The topological polar surface area (TPSA) is 54.0 Å². The summed E-state index contributed by atoms with van der Waals surface area (Å²) in [4.78, 5) is 11.5. The lowest BCUT2D eigenvalue weighted by molar-refractivity contribution is -0.139. The van der Waals surface area contributed by atoms with E-state index in [0.717, 1.165) is 33.0 Å². The Hall–Kier alpha value is -3.05. The smallest absolute Gasteiger partial charge is 0.333 e. The van der Waals surface area contributed by atoms with Gasteiger partial charge in [-0.2, -0.15) is 0 Å². The van der Waals surface area contributed by atoms with Crippen LogP contribution in [0, 0.1) is 0 Å². The summed E-state index contributed by atoms with van der Waals surface area (Å²) in [6.45, 7) is 6.56. The van der Waals surface area contributed by atoms with Crippen LogP contribution in [0.25, 0.3) is 21.5 Å². The molecule has 5 heteroatoms. The minimum absolute atomic E-state index is 0.153. The molecule has 0 amide bonds. The summed E-state index contributed by atoms with van der Waals surface area (Å²) in [6, 6.07) is 15.9. The second-order valence-electron chi connectivity index (χ2n) is 6.36. The number of hydrogen-bond donors (Lipinski definition) is 0. The van der Waals surface area contributed by atoms with Gasteiger partial charge in [-0.05, 0) is 6.92 Å². The highest BCUT2D eigenvalue weighted by molar-refractivity contribution is 6.11. The highest BCUT2D eigenvalue weighted by Gasteiger charge is 2.16. The van der Waals surface area contributed by atoms with E-state index in [1.54, 1.807) is 14.0 Å². The molecule has 0 aliphatic carbocycles. The molecule has 0 saturated heterocycles. The summed E-state index contributed by atoms with van der Waals surface area (Å²) in [5.41, 5.74) is 0.369. The Morgan fingerprint density at radius 3 is 1.61 bits per heavy atom. The van der Waals surface area contributed by atoms with Gasteiger partial charge in [-0.15, -0.1) is 0 Å². The van der Waals surface area contributed by atoms with E-state index >= 15 is 0 Å². The van der Waals surface area contributed by atoms with Crippen molar-refractivity contribution < 1.29 is 23.7 Å². The summed E-state index contributed by atoms with van der Waals surface area (Å²) in [5.74, 6) is 1.14. The Morgan fingerprint density at radius 2 is 1.21 bits per heavy atom. The largest absolute Gasteiger partial charge is 0.490 e. The van der Waals surface area contributed by atoms with Crippen LogP contribution in [0.15, 0.2) is 60.7 Å². The van der Waals surface area contributed by atoms with Crippen LogP contribution in [0.5, 0.6) is 11.5 Å². The third-order valence-corrected chi connectivity index (χ3v) is 4.28. The van der Waals surface area contributed by atoms with Crippen molar-refractivity contribution in [3.05, 3.63) is 60.7 Å². The summed E-state index contributed by atoms with van der Waals surface area (Å²) < 4.78 is 22.4. The first kappa shape index (κ1) is 19.7. The second-order valence-corrected chi connectivity index (χ2v) is 6.36. The SMILES string of the molecule is C=C(C)C(=O)OCCOc1c2ccccc2c(OCCOC)c2ccccc12. The van der Waals surface area contributed by atoms with Crippen LogP contribution in [0.1, 0.15) is 6.92 Å². The van der Waals surface area contributed by atoms with Gasteiger partial charge < -0.3 is 18.9 Å². The molecule has 0 heterocycles. The molecule has 3 rings (SSSR count). The third-order valence-electron chi connectivity index (χ3n) is 4.28. The molecule has 0 aliphatic heterocycles. The summed E-state index contributed by atoms with van der Waals surface area (Å²) in [6.07, 6.45) is 0. The number of esters is 1. The predicted molar refractivity (Wildman–Crippen MR) is 110 cm³/mol. The molecule has 0 aromatic heterocycles. The second kappa shape index (κ2) is 9.24. The number of fused-ring (bicyclic) bond motifs is 2. The van der Waals surface area contributed by atoms with E-state index < -0.39 is 5.97 Å². The molecule has 146 valence electrons. The number of carbonyl (C=O) groups is 1. The van der Waals surface area contributed by atoms with Gasteiger partial charge in [0, 0.05) is 34.2 Å². The van der Waals surface area contributed by atoms with Crippen LogP contribution < -0.4 is 9.47 Å². The Labute approximate surface area is 164 Å². The first-order valence-corrected chi connectivity index (χ1v) is 9.14. The normalized spacial score (nSPS) is 10.8. The molecule has 0 saturated carbocycles. The summed E-state index contributed by atoms with van der Waals surface area (Å²) >= 11 is 0. The molecule has 3 aromatic carbocycles. The molecule has 3 aromatic rings. The highest BCUT2D eigenvalue weighted by atomic mass is 16.6. The molecule has 0 unspecified atom stereocenters. The molecule has 0 radical (unpaired) electrons. The van der Waals surface area contributed by atoms with Gasteiger partial charge >= 0.3 is 5.97 Å². The van der Waals surface area contributed by atoms with Gasteiger partial charge in [0.05, 0.1) is 6.61 Å². The number of carbonyl (C=O) groups excluding carboxylic acids is 1. The maximum absolute atomic E-state index is 11.5. The van der Waals surface area contributed by atoms with Crippen LogP contribution in [0.2, 0.25) is 0 Å². The van der Waals surface area contributed by atoms with Crippen LogP contribution in [-0.2, 0) is 14.3 Å². The molecule has 28 heavy (non-hydrogen) atoms. The molecule has 0 fully saturated rings. The van der Waals surface area contributed by atoms with E-state index in [1.165, 1.54) is 0 Å². The highest BCUT2D eigenvalue weighted by Crippen LogP contribution is 2.42. The maximum atomic E-state index is 11.5. The molecule has 5 nitrogen and oxygen atoms in total. The lowest BCUT2D eigenvalue weighted by Crippen LogP contribution is -2.12. The first-order chi connectivity index (χ1) is 13.6. The molecule has 0 atom stereocenters. The van der Waals surface area contributed by atoms with Crippen LogP contribution in [0.3, 0.4) is 0 Å². The standard InChI is InChI=1S/C23H24O5/c1-16(2)23(24)28-15-14-27-22-19-10-6-4-8-17(19)21(26-13-12-25-3)18-9-5-7-11-20(18)22/h4-11H,1,12-15H2,2-3H3. The zero-order valence-corrected chi connectivity index (χ0v) is 16.2. The van der Waals surface area contributed by atoms with Gasteiger partial charge in [0.25, 0.3) is 0 Å². The average molecular weight is 380 g/mol. The van der Waals surface area contributed by atoms with Crippen LogP contribution in [-0.4, -0.2) is 39.5 Å². The number of ether oxygens (including phenoxy) is 4. The lowest BCUT2D eigenvalue weighted by Gasteiger charge is -2.17. The van der Waals surface area contributed by atoms with Crippen molar-refractivity contribution in [2.75, 3.05) is 33.5 Å². The van der Waals surface area contributed by atoms with Gasteiger partial charge in [0.1, 0.15) is 31.3 Å². The van der Waals surface area contributed by atoms with E-state index in [4.69, 9.17) is 18.9 Å². The van der Waals surface area contributed by atoms with E-state index in [0.29, 0.717) is 18.8 Å². The molecular weight excluding hydrogens is 356 g/mol. The van der Waals surface area contributed by atoms with Gasteiger partial charge in [-0.3, -0.25) is 0 Å². The van der Waals surface area contributed by atoms with E-state index in [1.807, 2.05) is 48.5 Å². The zero-order valence-electron chi connectivity index (χ0n) is 16.2. The van der Waals surface area contributed by atoms with Crippen LogP contribution >= 0.6 is 0 Å². The monoisotopic (exact) mass is 380 g/mol. The van der Waals surface area contributed by atoms with Gasteiger partial charge in [0.15, 0.2) is 0 Å². The Balaban J connectivity index is 1.96.